The third-order valence-corrected chi connectivity index (χ3v) is 4.20. The minimum atomic E-state index is -0.406. The van der Waals surface area contributed by atoms with Gasteiger partial charge in [0.1, 0.15) is 17.5 Å². The van der Waals surface area contributed by atoms with Crippen LogP contribution in [0.2, 0.25) is 0 Å². The largest absolute Gasteiger partial charge is 0.465 e. The Labute approximate surface area is 132 Å². The lowest BCUT2D eigenvalue weighted by molar-refractivity contribution is 0.0601. The van der Waals surface area contributed by atoms with E-state index in [0.717, 1.165) is 22.4 Å². The van der Waals surface area contributed by atoms with Gasteiger partial charge in [-0.05, 0) is 29.8 Å². The van der Waals surface area contributed by atoms with E-state index in [1.807, 2.05) is 24.3 Å². The number of fused-ring (bicyclic) bond motifs is 4. The standard InChI is InChI=1S/C18H13N3O2/c1-23-18(22)11-6-7-16-13(8-11)14(9-19)17-20-15-5-3-2-4-12(15)10-21(16)17/h2-8,20H,10H2,1H3. The van der Waals surface area contributed by atoms with Gasteiger partial charge in [0.05, 0.1) is 24.7 Å². The molecule has 0 amide bonds. The smallest absolute Gasteiger partial charge is 0.337 e. The van der Waals surface area contributed by atoms with Gasteiger partial charge in [-0.3, -0.25) is 0 Å². The number of nitrogens with one attached hydrogen (secondary N) is 1. The first kappa shape index (κ1) is 13.4. The highest BCUT2D eigenvalue weighted by molar-refractivity contribution is 6.00. The van der Waals surface area contributed by atoms with Crippen molar-refractivity contribution < 1.29 is 9.53 Å². The zero-order valence-corrected chi connectivity index (χ0v) is 12.5. The van der Waals surface area contributed by atoms with Gasteiger partial charge in [0.15, 0.2) is 0 Å². The molecular weight excluding hydrogens is 290 g/mol. The van der Waals surface area contributed by atoms with Gasteiger partial charge < -0.3 is 14.6 Å². The van der Waals surface area contributed by atoms with Crippen LogP contribution >= 0.6 is 0 Å². The molecule has 23 heavy (non-hydrogen) atoms. The van der Waals surface area contributed by atoms with E-state index in [2.05, 4.69) is 22.0 Å². The molecule has 0 bridgehead atoms. The number of ether oxygens (including phenoxy) is 1. The van der Waals surface area contributed by atoms with Crippen molar-refractivity contribution >= 4 is 28.4 Å². The summed E-state index contributed by atoms with van der Waals surface area (Å²) in [6.07, 6.45) is 0. The third-order valence-electron chi connectivity index (χ3n) is 4.20. The molecule has 0 unspecified atom stereocenters. The summed E-state index contributed by atoms with van der Waals surface area (Å²) < 4.78 is 6.83. The highest BCUT2D eigenvalue weighted by Gasteiger charge is 2.23. The van der Waals surface area contributed by atoms with E-state index in [-0.39, 0.29) is 0 Å². The second-order valence-corrected chi connectivity index (χ2v) is 5.43. The van der Waals surface area contributed by atoms with Gasteiger partial charge in [-0.2, -0.15) is 5.26 Å². The molecule has 2 aromatic carbocycles. The third kappa shape index (κ3) is 1.89. The number of benzene rings is 2. The number of nitriles is 1. The van der Waals surface area contributed by atoms with Crippen LogP contribution in [0, 0.1) is 11.3 Å². The first-order valence-corrected chi connectivity index (χ1v) is 7.22. The van der Waals surface area contributed by atoms with Crippen LogP contribution in [-0.4, -0.2) is 17.6 Å². The number of carbonyl (C=O) groups excluding carboxylic acids is 1. The molecule has 5 heteroatoms. The van der Waals surface area contributed by atoms with E-state index < -0.39 is 5.97 Å². The molecule has 0 fully saturated rings. The van der Waals surface area contributed by atoms with Gasteiger partial charge in [0.25, 0.3) is 0 Å². The normalized spacial score (nSPS) is 12.0. The van der Waals surface area contributed by atoms with Crippen LogP contribution in [0.3, 0.4) is 0 Å². The van der Waals surface area contributed by atoms with Crippen molar-refractivity contribution in [1.82, 2.24) is 4.57 Å². The Morgan fingerprint density at radius 3 is 2.91 bits per heavy atom. The molecule has 112 valence electrons. The lowest BCUT2D eigenvalue weighted by Gasteiger charge is -2.21. The molecule has 0 saturated heterocycles. The van der Waals surface area contributed by atoms with E-state index in [0.29, 0.717) is 17.7 Å². The summed E-state index contributed by atoms with van der Waals surface area (Å²) in [5.74, 6) is 0.361. The predicted octanol–water partition coefficient (Wildman–Crippen LogP) is 3.40. The van der Waals surface area contributed by atoms with Crippen molar-refractivity contribution in [1.29, 1.82) is 5.26 Å². The number of esters is 1. The molecule has 3 aromatic rings. The molecule has 0 spiro atoms. The van der Waals surface area contributed by atoms with E-state index >= 15 is 0 Å². The van der Waals surface area contributed by atoms with Crippen LogP contribution in [-0.2, 0) is 11.3 Å². The Kier molecular flexibility index (Phi) is 2.85. The Hall–Kier alpha value is -3.26. The molecule has 1 aliphatic rings. The number of nitrogens with zero attached hydrogens (tertiary/aromatic N) is 2. The van der Waals surface area contributed by atoms with Crippen LogP contribution in [0.5, 0.6) is 0 Å². The van der Waals surface area contributed by atoms with Crippen LogP contribution in [0.4, 0.5) is 11.5 Å². The predicted molar refractivity (Wildman–Crippen MR) is 86.8 cm³/mol. The van der Waals surface area contributed by atoms with Gasteiger partial charge >= 0.3 is 5.97 Å². The fourth-order valence-electron chi connectivity index (χ4n) is 3.08. The lowest BCUT2D eigenvalue weighted by atomic mass is 10.1. The Morgan fingerprint density at radius 2 is 2.13 bits per heavy atom. The van der Waals surface area contributed by atoms with Crippen LogP contribution in [0.15, 0.2) is 42.5 Å². The number of anilines is 2. The minimum Gasteiger partial charge on any atom is -0.465 e. The van der Waals surface area contributed by atoms with E-state index in [4.69, 9.17) is 4.74 Å². The summed E-state index contributed by atoms with van der Waals surface area (Å²) in [7, 11) is 1.35. The van der Waals surface area contributed by atoms with Gasteiger partial charge in [0, 0.05) is 11.1 Å². The number of carbonyl (C=O) groups is 1. The topological polar surface area (TPSA) is 67.0 Å². The highest BCUT2D eigenvalue weighted by atomic mass is 16.5. The second kappa shape index (κ2) is 4.89. The first-order chi connectivity index (χ1) is 11.2. The summed E-state index contributed by atoms with van der Waals surface area (Å²) >= 11 is 0. The van der Waals surface area contributed by atoms with Crippen LogP contribution < -0.4 is 5.32 Å². The van der Waals surface area contributed by atoms with Gasteiger partial charge in [-0.15, -0.1) is 0 Å². The first-order valence-electron chi connectivity index (χ1n) is 7.22. The van der Waals surface area contributed by atoms with Crippen molar-refractivity contribution in [3.63, 3.8) is 0 Å². The molecule has 1 aliphatic heterocycles. The Morgan fingerprint density at radius 1 is 1.30 bits per heavy atom. The molecule has 4 rings (SSSR count). The van der Waals surface area contributed by atoms with Gasteiger partial charge in [-0.1, -0.05) is 18.2 Å². The van der Waals surface area contributed by atoms with Crippen molar-refractivity contribution in [3.8, 4) is 6.07 Å². The highest BCUT2D eigenvalue weighted by Crippen LogP contribution is 2.37. The summed E-state index contributed by atoms with van der Waals surface area (Å²) in [5, 5.41) is 13.7. The second-order valence-electron chi connectivity index (χ2n) is 5.43. The number of methoxy groups -OCH3 is 1. The molecule has 5 nitrogen and oxygen atoms in total. The van der Waals surface area contributed by atoms with Crippen LogP contribution in [0.25, 0.3) is 10.9 Å². The zero-order valence-electron chi connectivity index (χ0n) is 12.5. The van der Waals surface area contributed by atoms with E-state index in [1.54, 1.807) is 12.1 Å². The van der Waals surface area contributed by atoms with Gasteiger partial charge in [-0.25, -0.2) is 4.79 Å². The fourth-order valence-corrected chi connectivity index (χ4v) is 3.08. The lowest BCUT2D eigenvalue weighted by Crippen LogP contribution is -2.12. The van der Waals surface area contributed by atoms with Crippen molar-refractivity contribution in [2.75, 3.05) is 12.4 Å². The number of rotatable bonds is 1. The maximum Gasteiger partial charge on any atom is 0.337 e. The van der Waals surface area contributed by atoms with Crippen LogP contribution in [0.1, 0.15) is 21.5 Å². The monoisotopic (exact) mass is 303 g/mol. The summed E-state index contributed by atoms with van der Waals surface area (Å²) in [6, 6.07) is 15.6. The quantitative estimate of drug-likeness (QED) is 0.547. The molecular formula is C18H13N3O2. The van der Waals surface area contributed by atoms with Gasteiger partial charge in [0.2, 0.25) is 0 Å². The summed E-state index contributed by atoms with van der Waals surface area (Å²) in [4.78, 5) is 11.8. The fraction of sp³-hybridized carbons (Fsp3) is 0.111. The molecule has 0 radical (unpaired) electrons. The molecule has 0 atom stereocenters. The van der Waals surface area contributed by atoms with E-state index in [9.17, 15) is 10.1 Å². The molecule has 1 aromatic heterocycles. The number of para-hydroxylation sites is 1. The average Bonchev–Trinajstić information content (AvgIpc) is 2.90. The number of aromatic nitrogens is 1. The van der Waals surface area contributed by atoms with Crippen molar-refractivity contribution in [3.05, 3.63) is 59.2 Å². The van der Waals surface area contributed by atoms with E-state index in [1.165, 1.54) is 12.7 Å². The SMILES string of the molecule is COC(=O)c1ccc2c(c1)c(C#N)c1n2Cc2ccccc2N1. The molecule has 0 aliphatic carbocycles. The molecule has 1 N–H and O–H groups in total. The molecule has 0 saturated carbocycles. The Balaban J connectivity index is 1.96. The maximum atomic E-state index is 11.8. The number of hydrogen-bond donors (Lipinski definition) is 1. The van der Waals surface area contributed by atoms with Crippen molar-refractivity contribution in [2.24, 2.45) is 0 Å². The zero-order chi connectivity index (χ0) is 16.0. The summed E-state index contributed by atoms with van der Waals surface area (Å²) in [6.45, 7) is 0.689. The minimum absolute atomic E-state index is 0.406. The maximum absolute atomic E-state index is 11.8. The Bertz CT molecular complexity index is 995. The molecule has 2 heterocycles. The van der Waals surface area contributed by atoms with Crippen molar-refractivity contribution in [2.45, 2.75) is 6.54 Å². The summed E-state index contributed by atoms with van der Waals surface area (Å²) in [5.41, 5.74) is 4.08. The average molecular weight is 303 g/mol. The number of hydrogen-bond acceptors (Lipinski definition) is 4.